The van der Waals surface area contributed by atoms with Gasteiger partial charge in [0.2, 0.25) is 5.91 Å². The van der Waals surface area contributed by atoms with Gasteiger partial charge in [-0.1, -0.05) is 53.7 Å². The summed E-state index contributed by atoms with van der Waals surface area (Å²) in [7, 11) is 0. The Balaban J connectivity index is 3.31. The monoisotopic (exact) mass is 449 g/mol. The molecule has 7 heteroatoms. The number of carbonyl (C=O) groups is 3. The average molecular weight is 450 g/mol. The van der Waals surface area contributed by atoms with Gasteiger partial charge in [0.1, 0.15) is 11.8 Å². The summed E-state index contributed by atoms with van der Waals surface area (Å²) in [4.78, 5) is 37.8. The van der Waals surface area contributed by atoms with E-state index in [-0.39, 0.29) is 42.1 Å². The largest absolute Gasteiger partial charge is 0.508 e. The van der Waals surface area contributed by atoms with Crippen molar-refractivity contribution in [3.05, 3.63) is 29.3 Å². The minimum absolute atomic E-state index is 0.131. The lowest BCUT2D eigenvalue weighted by Crippen LogP contribution is -2.45. The van der Waals surface area contributed by atoms with Gasteiger partial charge in [-0.15, -0.1) is 0 Å². The van der Waals surface area contributed by atoms with E-state index in [4.69, 9.17) is 9.47 Å². The molecule has 1 amide bonds. The number of ether oxygens (including phenoxy) is 2. The van der Waals surface area contributed by atoms with Crippen LogP contribution < -0.4 is 5.32 Å². The van der Waals surface area contributed by atoms with Crippen LogP contribution in [0, 0.1) is 5.41 Å². The van der Waals surface area contributed by atoms with E-state index in [2.05, 4.69) is 5.32 Å². The first kappa shape index (κ1) is 27.5. The summed E-state index contributed by atoms with van der Waals surface area (Å²) >= 11 is 0. The number of hydrogen-bond donors (Lipinski definition) is 2. The van der Waals surface area contributed by atoms with Crippen LogP contribution in [0.4, 0.5) is 0 Å². The number of phenolic OH excluding ortho intramolecular Hbond substituents is 1. The van der Waals surface area contributed by atoms with Crippen molar-refractivity contribution in [1.29, 1.82) is 0 Å². The van der Waals surface area contributed by atoms with Gasteiger partial charge in [-0.25, -0.2) is 4.79 Å². The van der Waals surface area contributed by atoms with Crippen molar-refractivity contribution >= 4 is 17.8 Å². The molecule has 2 N–H and O–H groups in total. The second-order valence-corrected chi connectivity index (χ2v) is 10.2. The minimum Gasteiger partial charge on any atom is -0.508 e. The van der Waals surface area contributed by atoms with Crippen LogP contribution in [-0.2, 0) is 29.3 Å². The van der Waals surface area contributed by atoms with Crippen LogP contribution in [0.3, 0.4) is 0 Å². The summed E-state index contributed by atoms with van der Waals surface area (Å²) in [6.45, 7) is 15.7. The van der Waals surface area contributed by atoms with Crippen molar-refractivity contribution in [2.45, 2.75) is 85.6 Å². The molecule has 0 fully saturated rings. The number of benzene rings is 1. The van der Waals surface area contributed by atoms with Gasteiger partial charge in [0, 0.05) is 0 Å². The van der Waals surface area contributed by atoms with E-state index in [1.54, 1.807) is 26.0 Å². The highest BCUT2D eigenvalue weighted by atomic mass is 16.5. The van der Waals surface area contributed by atoms with Crippen LogP contribution in [0.15, 0.2) is 18.2 Å². The van der Waals surface area contributed by atoms with Gasteiger partial charge in [-0.3, -0.25) is 9.59 Å². The maximum Gasteiger partial charge on any atom is 0.329 e. The number of rotatable bonds is 9. The molecule has 1 aromatic carbocycles. The quantitative estimate of drug-likeness (QED) is 0.548. The molecule has 1 aromatic rings. The highest BCUT2D eigenvalue weighted by molar-refractivity contribution is 5.91. The third-order valence-corrected chi connectivity index (χ3v) is 4.93. The van der Waals surface area contributed by atoms with Crippen LogP contribution in [0.25, 0.3) is 0 Å². The van der Waals surface area contributed by atoms with E-state index in [9.17, 15) is 19.5 Å². The topological polar surface area (TPSA) is 102 Å². The van der Waals surface area contributed by atoms with Gasteiger partial charge in [-0.05, 0) is 48.3 Å². The first-order chi connectivity index (χ1) is 14.7. The van der Waals surface area contributed by atoms with E-state index in [1.807, 2.05) is 47.6 Å². The Morgan fingerprint density at radius 1 is 1.00 bits per heavy atom. The average Bonchev–Trinajstić information content (AvgIpc) is 2.64. The molecule has 2 unspecified atom stereocenters. The zero-order valence-corrected chi connectivity index (χ0v) is 20.7. The molecular weight excluding hydrogens is 410 g/mol. The summed E-state index contributed by atoms with van der Waals surface area (Å²) in [5, 5.41) is 13.0. The smallest absolute Gasteiger partial charge is 0.329 e. The Morgan fingerprint density at radius 3 is 2.09 bits per heavy atom. The summed E-state index contributed by atoms with van der Waals surface area (Å²) < 4.78 is 10.0. The molecule has 0 aliphatic rings. The number of phenols is 1. The molecule has 1 rings (SSSR count). The van der Waals surface area contributed by atoms with Crippen molar-refractivity contribution < 1.29 is 29.0 Å². The third kappa shape index (κ3) is 8.52. The van der Waals surface area contributed by atoms with Crippen molar-refractivity contribution in [3.63, 3.8) is 0 Å². The molecule has 0 radical (unpaired) electrons. The number of nitrogens with one attached hydrogen (secondary N) is 1. The van der Waals surface area contributed by atoms with Gasteiger partial charge in [-0.2, -0.15) is 0 Å². The zero-order valence-electron chi connectivity index (χ0n) is 20.7. The lowest BCUT2D eigenvalue weighted by Gasteiger charge is -2.29. The summed E-state index contributed by atoms with van der Waals surface area (Å²) in [6.07, 6.45) is 0.200. The summed E-state index contributed by atoms with van der Waals surface area (Å²) in [6, 6.07) is 4.03. The van der Waals surface area contributed by atoms with Crippen LogP contribution >= 0.6 is 0 Å². The second kappa shape index (κ2) is 11.3. The maximum absolute atomic E-state index is 13.4. The van der Waals surface area contributed by atoms with Crippen molar-refractivity contribution in [3.8, 4) is 5.75 Å². The number of carbonyl (C=O) groups excluding carboxylic acids is 3. The molecule has 0 aliphatic carbocycles. The molecule has 0 heterocycles. The lowest BCUT2D eigenvalue weighted by atomic mass is 9.78. The van der Waals surface area contributed by atoms with Crippen LogP contribution in [0.1, 0.15) is 85.3 Å². The SMILES string of the molecule is CCOC(=O)CC(NC(=O)C(CC(C)(C)C)c1ccc(O)c(C(C)(C)C)c1)C(=O)OCC. The van der Waals surface area contributed by atoms with Gasteiger partial charge in [0.15, 0.2) is 0 Å². The second-order valence-electron chi connectivity index (χ2n) is 10.2. The Bertz CT molecular complexity index is 804. The van der Waals surface area contributed by atoms with Gasteiger partial charge in [0.05, 0.1) is 25.6 Å². The van der Waals surface area contributed by atoms with E-state index in [0.717, 1.165) is 11.1 Å². The van der Waals surface area contributed by atoms with E-state index < -0.39 is 23.9 Å². The first-order valence-corrected chi connectivity index (χ1v) is 11.2. The van der Waals surface area contributed by atoms with Crippen molar-refractivity contribution in [2.24, 2.45) is 5.41 Å². The zero-order chi connectivity index (χ0) is 24.7. The highest BCUT2D eigenvalue weighted by Gasteiger charge is 2.33. The standard InChI is InChI=1S/C25H39NO6/c1-9-31-21(28)14-19(23(30)32-10-2)26-22(29)17(15-24(3,4)5)16-11-12-20(27)18(13-16)25(6,7)8/h11-13,17,19,27H,9-10,14-15H2,1-8H3,(H,26,29). The van der Waals surface area contributed by atoms with E-state index in [0.29, 0.717) is 6.42 Å². The lowest BCUT2D eigenvalue weighted by molar-refractivity contribution is -0.153. The Morgan fingerprint density at radius 2 is 1.59 bits per heavy atom. The van der Waals surface area contributed by atoms with Crippen LogP contribution in [0.2, 0.25) is 0 Å². The number of esters is 2. The summed E-state index contributed by atoms with van der Waals surface area (Å²) in [5.74, 6) is -2.06. The fraction of sp³-hybridized carbons (Fsp3) is 0.640. The molecule has 0 aliphatic heterocycles. The fourth-order valence-electron chi connectivity index (χ4n) is 3.44. The van der Waals surface area contributed by atoms with Crippen molar-refractivity contribution in [1.82, 2.24) is 5.32 Å². The number of aromatic hydroxyl groups is 1. The van der Waals surface area contributed by atoms with Crippen LogP contribution in [-0.4, -0.2) is 42.2 Å². The highest BCUT2D eigenvalue weighted by Crippen LogP contribution is 2.37. The molecule has 0 saturated carbocycles. The molecule has 0 spiro atoms. The normalized spacial score (nSPS) is 13.8. The first-order valence-electron chi connectivity index (χ1n) is 11.2. The Hall–Kier alpha value is -2.57. The predicted octanol–water partition coefficient (Wildman–Crippen LogP) is 4.21. The maximum atomic E-state index is 13.4. The Kier molecular flexibility index (Phi) is 9.73. The van der Waals surface area contributed by atoms with E-state index in [1.165, 1.54) is 0 Å². The van der Waals surface area contributed by atoms with Crippen LogP contribution in [0.5, 0.6) is 5.75 Å². The molecule has 2 atom stereocenters. The Labute approximate surface area is 191 Å². The van der Waals surface area contributed by atoms with Gasteiger partial charge >= 0.3 is 11.9 Å². The minimum atomic E-state index is -1.14. The molecule has 0 aromatic heterocycles. The molecular formula is C25H39NO6. The van der Waals surface area contributed by atoms with E-state index >= 15 is 0 Å². The molecule has 0 saturated heterocycles. The summed E-state index contributed by atoms with van der Waals surface area (Å²) in [5.41, 5.74) is 0.955. The fourth-order valence-corrected chi connectivity index (χ4v) is 3.44. The van der Waals surface area contributed by atoms with Gasteiger partial charge in [0.25, 0.3) is 0 Å². The number of hydrogen-bond acceptors (Lipinski definition) is 6. The number of amides is 1. The third-order valence-electron chi connectivity index (χ3n) is 4.93. The molecule has 0 bridgehead atoms. The van der Waals surface area contributed by atoms with Crippen molar-refractivity contribution in [2.75, 3.05) is 13.2 Å². The molecule has 32 heavy (non-hydrogen) atoms. The molecule has 7 nitrogen and oxygen atoms in total. The van der Waals surface area contributed by atoms with Gasteiger partial charge < -0.3 is 19.9 Å². The predicted molar refractivity (Wildman–Crippen MR) is 123 cm³/mol. The molecule has 180 valence electrons.